The molecule has 0 fully saturated rings. The zero-order valence-electron chi connectivity index (χ0n) is 12.4. The van der Waals surface area contributed by atoms with Gasteiger partial charge in [0.2, 0.25) is 6.79 Å². The molecule has 2 aromatic carbocycles. The molecule has 0 spiro atoms. The molecule has 0 atom stereocenters. The van der Waals surface area contributed by atoms with Crippen LogP contribution in [0.4, 0.5) is 0 Å². The van der Waals surface area contributed by atoms with Crippen molar-refractivity contribution in [2.24, 2.45) is 0 Å². The first kappa shape index (κ1) is 14.3. The summed E-state index contributed by atoms with van der Waals surface area (Å²) >= 11 is 0. The van der Waals surface area contributed by atoms with Gasteiger partial charge in [-0.25, -0.2) is 4.79 Å². The normalized spacial score (nSPS) is 12.1. The number of hydrogen-bond acceptors (Lipinski definition) is 5. The van der Waals surface area contributed by atoms with E-state index in [-0.39, 0.29) is 13.4 Å². The van der Waals surface area contributed by atoms with Gasteiger partial charge in [-0.3, -0.25) is 0 Å². The molecule has 0 saturated carbocycles. The lowest BCUT2D eigenvalue weighted by molar-refractivity contribution is 0.0472. The molecule has 5 nitrogen and oxygen atoms in total. The maximum atomic E-state index is 12.1. The van der Waals surface area contributed by atoms with Gasteiger partial charge < -0.3 is 18.9 Å². The minimum atomic E-state index is -0.393. The number of rotatable bonds is 4. The van der Waals surface area contributed by atoms with Crippen molar-refractivity contribution in [1.29, 1.82) is 0 Å². The van der Waals surface area contributed by atoms with Crippen LogP contribution in [0, 0.1) is 6.92 Å². The van der Waals surface area contributed by atoms with Crippen molar-refractivity contribution in [3.63, 3.8) is 0 Å². The fourth-order valence-corrected chi connectivity index (χ4v) is 2.21. The molecule has 0 saturated heterocycles. The molecule has 0 bridgehead atoms. The lowest BCUT2D eigenvalue weighted by Gasteiger charge is -2.08. The summed E-state index contributed by atoms with van der Waals surface area (Å²) in [5, 5.41) is 0. The highest BCUT2D eigenvalue weighted by molar-refractivity contribution is 5.90. The Morgan fingerprint density at radius 2 is 1.95 bits per heavy atom. The highest BCUT2D eigenvalue weighted by Crippen LogP contribution is 2.32. The first-order valence-electron chi connectivity index (χ1n) is 6.87. The van der Waals surface area contributed by atoms with Gasteiger partial charge in [0.25, 0.3) is 0 Å². The first-order chi connectivity index (χ1) is 10.7. The maximum absolute atomic E-state index is 12.1. The Morgan fingerprint density at radius 3 is 2.77 bits per heavy atom. The standard InChI is InChI=1S/C17H16O5/c1-11-3-5-13(8-15(11)19-2)17(18)20-9-12-4-6-14-16(7-12)22-10-21-14/h3-8H,9-10H2,1-2H3. The third-order valence-electron chi connectivity index (χ3n) is 3.45. The summed E-state index contributed by atoms with van der Waals surface area (Å²) in [4.78, 5) is 12.1. The van der Waals surface area contributed by atoms with Crippen molar-refractivity contribution in [2.45, 2.75) is 13.5 Å². The van der Waals surface area contributed by atoms with E-state index in [4.69, 9.17) is 18.9 Å². The summed E-state index contributed by atoms with van der Waals surface area (Å²) in [6.45, 7) is 2.31. The van der Waals surface area contributed by atoms with Gasteiger partial charge in [0.1, 0.15) is 12.4 Å². The van der Waals surface area contributed by atoms with E-state index in [1.165, 1.54) is 0 Å². The fourth-order valence-electron chi connectivity index (χ4n) is 2.21. The Bertz CT molecular complexity index is 708. The van der Waals surface area contributed by atoms with Crippen LogP contribution in [0.3, 0.4) is 0 Å². The van der Waals surface area contributed by atoms with E-state index in [0.29, 0.717) is 22.8 Å². The third-order valence-corrected chi connectivity index (χ3v) is 3.45. The third kappa shape index (κ3) is 2.83. The summed E-state index contributed by atoms with van der Waals surface area (Å²) in [6.07, 6.45) is 0. The van der Waals surface area contributed by atoms with Gasteiger partial charge in [0.15, 0.2) is 11.5 Å². The van der Waals surface area contributed by atoms with Gasteiger partial charge >= 0.3 is 5.97 Å². The predicted octanol–water partition coefficient (Wildman–Crippen LogP) is 3.09. The fraction of sp³-hybridized carbons (Fsp3) is 0.235. The summed E-state index contributed by atoms with van der Waals surface area (Å²) in [5.74, 6) is 1.65. The van der Waals surface area contributed by atoms with E-state index in [1.54, 1.807) is 25.3 Å². The Hall–Kier alpha value is -2.69. The monoisotopic (exact) mass is 300 g/mol. The first-order valence-corrected chi connectivity index (χ1v) is 6.87. The van der Waals surface area contributed by atoms with Crippen molar-refractivity contribution in [3.8, 4) is 17.2 Å². The van der Waals surface area contributed by atoms with Gasteiger partial charge in [-0.15, -0.1) is 0 Å². The molecule has 0 amide bonds. The van der Waals surface area contributed by atoms with E-state index >= 15 is 0 Å². The van der Waals surface area contributed by atoms with Gasteiger partial charge in [0.05, 0.1) is 12.7 Å². The lowest BCUT2D eigenvalue weighted by atomic mass is 10.1. The number of carbonyl (C=O) groups is 1. The van der Waals surface area contributed by atoms with Gasteiger partial charge in [-0.2, -0.15) is 0 Å². The average molecular weight is 300 g/mol. The minimum absolute atomic E-state index is 0.172. The molecule has 22 heavy (non-hydrogen) atoms. The Morgan fingerprint density at radius 1 is 1.14 bits per heavy atom. The molecule has 0 aromatic heterocycles. The molecular formula is C17H16O5. The van der Waals surface area contributed by atoms with Crippen LogP contribution < -0.4 is 14.2 Å². The van der Waals surface area contributed by atoms with Gasteiger partial charge in [0, 0.05) is 0 Å². The smallest absolute Gasteiger partial charge is 0.338 e. The van der Waals surface area contributed by atoms with Crippen LogP contribution in [-0.4, -0.2) is 19.9 Å². The summed E-state index contributed by atoms with van der Waals surface area (Å²) in [7, 11) is 1.57. The Labute approximate surface area is 128 Å². The van der Waals surface area contributed by atoms with Crippen LogP contribution in [0.2, 0.25) is 0 Å². The Kier molecular flexibility index (Phi) is 3.87. The zero-order valence-corrected chi connectivity index (χ0v) is 12.4. The second kappa shape index (κ2) is 5.97. The molecular weight excluding hydrogens is 284 g/mol. The van der Waals surface area contributed by atoms with Crippen molar-refractivity contribution < 1.29 is 23.7 Å². The van der Waals surface area contributed by atoms with Gasteiger partial charge in [-0.05, 0) is 42.3 Å². The molecule has 0 radical (unpaired) electrons. The number of fused-ring (bicyclic) bond motifs is 1. The maximum Gasteiger partial charge on any atom is 0.338 e. The minimum Gasteiger partial charge on any atom is -0.496 e. The van der Waals surface area contributed by atoms with E-state index in [9.17, 15) is 4.79 Å². The molecule has 3 rings (SSSR count). The quantitative estimate of drug-likeness (QED) is 0.812. The van der Waals surface area contributed by atoms with E-state index in [1.807, 2.05) is 25.1 Å². The molecule has 1 aliphatic rings. The topological polar surface area (TPSA) is 54.0 Å². The zero-order chi connectivity index (χ0) is 15.5. The lowest BCUT2D eigenvalue weighted by Crippen LogP contribution is -2.06. The number of ether oxygens (including phenoxy) is 4. The van der Waals surface area contributed by atoms with Crippen molar-refractivity contribution in [2.75, 3.05) is 13.9 Å². The molecule has 0 aliphatic carbocycles. The summed E-state index contributed by atoms with van der Waals surface area (Å²) < 4.78 is 21.1. The number of methoxy groups -OCH3 is 1. The summed E-state index contributed by atoms with van der Waals surface area (Å²) in [6, 6.07) is 10.7. The number of aryl methyl sites for hydroxylation is 1. The summed E-state index contributed by atoms with van der Waals surface area (Å²) in [5.41, 5.74) is 2.27. The number of hydrogen-bond donors (Lipinski definition) is 0. The highest BCUT2D eigenvalue weighted by atomic mass is 16.7. The van der Waals surface area contributed by atoms with E-state index in [2.05, 4.69) is 0 Å². The molecule has 1 aliphatic heterocycles. The molecule has 0 unspecified atom stereocenters. The van der Waals surface area contributed by atoms with Crippen molar-refractivity contribution in [1.82, 2.24) is 0 Å². The van der Waals surface area contributed by atoms with Crippen LogP contribution in [-0.2, 0) is 11.3 Å². The van der Waals surface area contributed by atoms with Crippen LogP contribution >= 0.6 is 0 Å². The van der Waals surface area contributed by atoms with Gasteiger partial charge in [-0.1, -0.05) is 12.1 Å². The number of benzene rings is 2. The Balaban J connectivity index is 1.67. The SMILES string of the molecule is COc1cc(C(=O)OCc2ccc3c(c2)OCO3)ccc1C. The number of carbonyl (C=O) groups excluding carboxylic acids is 1. The predicted molar refractivity (Wildman–Crippen MR) is 79.4 cm³/mol. The molecule has 5 heteroatoms. The highest BCUT2D eigenvalue weighted by Gasteiger charge is 2.14. The molecule has 114 valence electrons. The number of esters is 1. The second-order valence-electron chi connectivity index (χ2n) is 4.95. The van der Waals surface area contributed by atoms with Crippen molar-refractivity contribution in [3.05, 3.63) is 53.1 Å². The molecule has 2 aromatic rings. The second-order valence-corrected chi connectivity index (χ2v) is 4.95. The van der Waals surface area contributed by atoms with E-state index < -0.39 is 5.97 Å². The average Bonchev–Trinajstić information content (AvgIpc) is 3.00. The largest absolute Gasteiger partial charge is 0.496 e. The van der Waals surface area contributed by atoms with Crippen LogP contribution in [0.5, 0.6) is 17.2 Å². The van der Waals surface area contributed by atoms with Crippen LogP contribution in [0.15, 0.2) is 36.4 Å². The van der Waals surface area contributed by atoms with E-state index in [0.717, 1.165) is 11.1 Å². The molecule has 0 N–H and O–H groups in total. The van der Waals surface area contributed by atoms with Crippen molar-refractivity contribution >= 4 is 5.97 Å². The van der Waals surface area contributed by atoms with Crippen LogP contribution in [0.1, 0.15) is 21.5 Å². The van der Waals surface area contributed by atoms with Crippen LogP contribution in [0.25, 0.3) is 0 Å². The molecule has 1 heterocycles.